The summed E-state index contributed by atoms with van der Waals surface area (Å²) >= 11 is 5.69. The maximum Gasteiger partial charge on any atom is 0.132 e. The molecule has 0 aliphatic heterocycles. The summed E-state index contributed by atoms with van der Waals surface area (Å²) in [5, 5.41) is 13.7. The molecule has 0 spiro atoms. The fraction of sp³-hybridized carbons (Fsp3) is 0.905. The van der Waals surface area contributed by atoms with Gasteiger partial charge >= 0.3 is 0 Å². The Balaban J connectivity index is 1.66. The summed E-state index contributed by atoms with van der Waals surface area (Å²) < 4.78 is 0. The molecule has 23 heavy (non-hydrogen) atoms. The quantitative estimate of drug-likeness (QED) is 0.592. The lowest BCUT2D eigenvalue weighted by atomic mass is 9.44. The Hall–Kier alpha value is -0.190. The smallest absolute Gasteiger partial charge is 0.132 e. The highest BCUT2D eigenvalue weighted by Crippen LogP contribution is 2.68. The van der Waals surface area contributed by atoms with Crippen molar-refractivity contribution in [1.82, 2.24) is 0 Å². The minimum Gasteiger partial charge on any atom is -0.377 e. The zero-order valence-electron chi connectivity index (χ0n) is 14.7. The van der Waals surface area contributed by atoms with E-state index in [1.165, 1.54) is 44.9 Å². The van der Waals surface area contributed by atoms with E-state index in [0.29, 0.717) is 11.3 Å². The molecular formula is C21H31ClO. The molecule has 4 fully saturated rings. The molecular weight excluding hydrogens is 304 g/mol. The second-order valence-electron chi connectivity index (χ2n) is 9.48. The largest absolute Gasteiger partial charge is 0.377 e. The van der Waals surface area contributed by atoms with Crippen LogP contribution in [0, 0.1) is 45.8 Å². The lowest BCUT2D eigenvalue weighted by molar-refractivity contribution is -0.134. The molecule has 7 atom stereocenters. The number of halogens is 1. The summed E-state index contributed by atoms with van der Waals surface area (Å²) in [5.41, 5.74) is -0.329. The molecule has 0 amide bonds. The monoisotopic (exact) mass is 334 g/mol. The Morgan fingerprint density at radius 2 is 1.70 bits per heavy atom. The molecule has 4 saturated carbocycles. The average molecular weight is 335 g/mol. The van der Waals surface area contributed by atoms with Crippen molar-refractivity contribution in [3.63, 3.8) is 0 Å². The second kappa shape index (κ2) is 5.40. The van der Waals surface area contributed by atoms with Crippen LogP contribution >= 0.6 is 11.6 Å². The predicted octanol–water partition coefficient (Wildman–Crippen LogP) is 5.35. The minimum absolute atomic E-state index is 0.0477. The maximum absolute atomic E-state index is 11.2. The van der Waals surface area contributed by atoms with Crippen LogP contribution in [0.5, 0.6) is 0 Å². The highest BCUT2D eigenvalue weighted by atomic mass is 35.5. The Bertz CT molecular complexity index is 548. The summed E-state index contributed by atoms with van der Waals surface area (Å²) in [4.78, 5) is 0. The van der Waals surface area contributed by atoms with E-state index < -0.39 is 5.60 Å². The molecule has 1 N–H and O–H groups in total. The lowest BCUT2D eigenvalue weighted by Crippen LogP contribution is -2.55. The molecule has 4 rings (SSSR count). The van der Waals surface area contributed by atoms with Gasteiger partial charge in [0.2, 0.25) is 0 Å². The van der Waals surface area contributed by atoms with Gasteiger partial charge in [-0.1, -0.05) is 32.6 Å². The summed E-state index contributed by atoms with van der Waals surface area (Å²) in [7, 11) is 0. The molecule has 0 unspecified atom stereocenters. The molecule has 0 aromatic rings. The first kappa shape index (κ1) is 16.3. The van der Waals surface area contributed by atoms with Crippen molar-refractivity contribution in [2.45, 2.75) is 83.7 Å². The first-order valence-electron chi connectivity index (χ1n) is 9.80. The van der Waals surface area contributed by atoms with Crippen LogP contribution in [0.2, 0.25) is 0 Å². The third-order valence-electron chi connectivity index (χ3n) is 8.99. The van der Waals surface area contributed by atoms with Gasteiger partial charge in [0, 0.05) is 10.8 Å². The van der Waals surface area contributed by atoms with Crippen molar-refractivity contribution in [1.29, 1.82) is 0 Å². The average Bonchev–Trinajstić information content (AvgIpc) is 2.79. The highest BCUT2D eigenvalue weighted by Gasteiger charge is 2.64. The zero-order chi connectivity index (χ0) is 16.3. The SMILES string of the molecule is C[C@]12CCCC[C@@H]1CC[C@H]1[C@H]3CC[C@@](O)(C#CCl)[C@]3(C)CC[C@@H]12. The van der Waals surface area contributed by atoms with Crippen molar-refractivity contribution in [3.8, 4) is 11.3 Å². The lowest BCUT2D eigenvalue weighted by Gasteiger charge is -2.60. The fourth-order valence-corrected chi connectivity index (χ4v) is 7.75. The van der Waals surface area contributed by atoms with Crippen LogP contribution in [-0.2, 0) is 0 Å². The predicted molar refractivity (Wildman–Crippen MR) is 94.9 cm³/mol. The summed E-state index contributed by atoms with van der Waals surface area (Å²) in [6, 6.07) is 0. The summed E-state index contributed by atoms with van der Waals surface area (Å²) in [5.74, 6) is 6.28. The van der Waals surface area contributed by atoms with Gasteiger partial charge in [0.1, 0.15) is 5.60 Å². The first-order valence-corrected chi connectivity index (χ1v) is 10.2. The normalized spacial score (nSPS) is 55.1. The maximum atomic E-state index is 11.2. The minimum atomic E-state index is -0.852. The van der Waals surface area contributed by atoms with E-state index in [2.05, 4.69) is 25.1 Å². The van der Waals surface area contributed by atoms with Crippen LogP contribution in [-0.4, -0.2) is 10.7 Å². The molecule has 0 bridgehead atoms. The van der Waals surface area contributed by atoms with Crippen LogP contribution < -0.4 is 0 Å². The first-order chi connectivity index (χ1) is 10.9. The van der Waals surface area contributed by atoms with E-state index in [1.807, 2.05) is 0 Å². The molecule has 0 aromatic carbocycles. The van der Waals surface area contributed by atoms with Crippen LogP contribution in [0.3, 0.4) is 0 Å². The van der Waals surface area contributed by atoms with Crippen molar-refractivity contribution in [2.75, 3.05) is 0 Å². The van der Waals surface area contributed by atoms with Gasteiger partial charge in [0.25, 0.3) is 0 Å². The molecule has 2 heteroatoms. The van der Waals surface area contributed by atoms with Gasteiger partial charge in [-0.15, -0.1) is 0 Å². The van der Waals surface area contributed by atoms with E-state index in [1.54, 1.807) is 0 Å². The zero-order valence-corrected chi connectivity index (χ0v) is 15.5. The number of aliphatic hydroxyl groups is 1. The van der Waals surface area contributed by atoms with Gasteiger partial charge in [-0.25, -0.2) is 0 Å². The van der Waals surface area contributed by atoms with Gasteiger partial charge < -0.3 is 5.11 Å². The van der Waals surface area contributed by atoms with E-state index in [4.69, 9.17) is 11.6 Å². The van der Waals surface area contributed by atoms with Crippen molar-refractivity contribution in [3.05, 3.63) is 0 Å². The van der Waals surface area contributed by atoms with Gasteiger partial charge in [-0.3, -0.25) is 0 Å². The fourth-order valence-electron chi connectivity index (χ4n) is 7.59. The van der Waals surface area contributed by atoms with Crippen molar-refractivity contribution >= 4 is 11.6 Å². The van der Waals surface area contributed by atoms with Crippen LogP contribution in [0.15, 0.2) is 0 Å². The number of hydrogen-bond acceptors (Lipinski definition) is 1. The third-order valence-corrected chi connectivity index (χ3v) is 9.08. The Labute approximate surface area is 146 Å². The number of fused-ring (bicyclic) bond motifs is 5. The molecule has 0 aromatic heterocycles. The summed E-state index contributed by atoms with van der Waals surface area (Å²) in [6.07, 6.45) is 13.0. The topological polar surface area (TPSA) is 20.2 Å². The van der Waals surface area contributed by atoms with Gasteiger partial charge in [0.05, 0.1) is 0 Å². The van der Waals surface area contributed by atoms with E-state index >= 15 is 0 Å². The van der Waals surface area contributed by atoms with E-state index in [-0.39, 0.29) is 5.41 Å². The van der Waals surface area contributed by atoms with Crippen molar-refractivity contribution < 1.29 is 5.11 Å². The molecule has 4 aliphatic carbocycles. The van der Waals surface area contributed by atoms with Gasteiger partial charge in [-0.2, -0.15) is 0 Å². The Morgan fingerprint density at radius 1 is 0.913 bits per heavy atom. The molecule has 1 nitrogen and oxygen atoms in total. The standard InChI is InChI=1S/C21H31ClO/c1-19-10-4-3-5-15(19)6-7-16-17(19)8-11-20(2)18(16)9-12-21(20,23)13-14-22/h15-18,23H,3-12H2,1-2H3/t15-,16-,17+,18-,19+,20-,21-/m1/s1. The molecule has 0 heterocycles. The molecule has 0 radical (unpaired) electrons. The van der Waals surface area contributed by atoms with Crippen LogP contribution in [0.1, 0.15) is 78.1 Å². The highest BCUT2D eigenvalue weighted by molar-refractivity contribution is 6.30. The Kier molecular flexibility index (Phi) is 3.83. The van der Waals surface area contributed by atoms with Gasteiger partial charge in [0.15, 0.2) is 0 Å². The van der Waals surface area contributed by atoms with E-state index in [0.717, 1.165) is 37.0 Å². The molecule has 4 aliphatic rings. The second-order valence-corrected chi connectivity index (χ2v) is 9.67. The number of rotatable bonds is 0. The van der Waals surface area contributed by atoms with Crippen LogP contribution in [0.4, 0.5) is 0 Å². The molecule has 128 valence electrons. The Morgan fingerprint density at radius 3 is 2.48 bits per heavy atom. The third kappa shape index (κ3) is 2.10. The summed E-state index contributed by atoms with van der Waals surface area (Å²) in [6.45, 7) is 4.91. The van der Waals surface area contributed by atoms with Gasteiger partial charge in [-0.05, 0) is 92.1 Å². The van der Waals surface area contributed by atoms with Crippen LogP contribution in [0.25, 0.3) is 0 Å². The number of hydrogen-bond donors (Lipinski definition) is 1. The van der Waals surface area contributed by atoms with Crippen molar-refractivity contribution in [2.24, 2.45) is 34.5 Å². The molecule has 0 saturated heterocycles. The van der Waals surface area contributed by atoms with E-state index in [9.17, 15) is 5.11 Å².